The molecule has 0 fully saturated rings. The van der Waals surface area contributed by atoms with Crippen LogP contribution in [-0.2, 0) is 6.54 Å². The number of hydrogen-bond acceptors (Lipinski definition) is 4. The summed E-state index contributed by atoms with van der Waals surface area (Å²) in [7, 11) is 1.64. The summed E-state index contributed by atoms with van der Waals surface area (Å²) in [5.41, 5.74) is 6.91. The molecule has 6 nitrogen and oxygen atoms in total. The number of fused-ring (bicyclic) bond motifs is 1. The second-order valence-corrected chi connectivity index (χ2v) is 5.39. The van der Waals surface area contributed by atoms with Crippen molar-refractivity contribution in [3.63, 3.8) is 0 Å². The lowest BCUT2D eigenvalue weighted by atomic mass is 10.2. The second-order valence-electron chi connectivity index (χ2n) is 5.39. The third-order valence-electron chi connectivity index (χ3n) is 3.69. The molecule has 0 spiro atoms. The van der Waals surface area contributed by atoms with Crippen molar-refractivity contribution in [2.75, 3.05) is 20.3 Å². The molecule has 126 valence electrons. The summed E-state index contributed by atoms with van der Waals surface area (Å²) in [6, 6.07) is 15.4. The Hall–Kier alpha value is -2.89. The molecule has 1 aliphatic rings. The van der Waals surface area contributed by atoms with E-state index in [9.17, 15) is 0 Å². The van der Waals surface area contributed by atoms with Crippen LogP contribution in [0, 0.1) is 0 Å². The molecule has 3 N–H and O–H groups in total. The number of nitrogens with zero attached hydrogens (tertiary/aromatic N) is 1. The number of nitrogens with two attached hydrogens (primary N) is 1. The highest BCUT2D eigenvalue weighted by atomic mass is 16.6. The van der Waals surface area contributed by atoms with E-state index in [4.69, 9.17) is 19.9 Å². The maximum atomic E-state index is 5.93. The molecule has 6 heteroatoms. The van der Waals surface area contributed by atoms with Gasteiger partial charge in [0.2, 0.25) is 0 Å². The Morgan fingerprint density at radius 3 is 2.79 bits per heavy atom. The SMILES string of the molecule is COc1ccccc1CN=C(N)NCC1COc2ccccc2O1. The fourth-order valence-electron chi connectivity index (χ4n) is 2.44. The number of rotatable bonds is 5. The standard InChI is InChI=1S/C18H21N3O3/c1-22-15-7-3-2-6-13(15)10-20-18(19)21-11-14-12-23-16-8-4-5-9-17(16)24-14/h2-9,14H,10-12H2,1H3,(H3,19,20,21). The van der Waals surface area contributed by atoms with E-state index in [-0.39, 0.29) is 6.10 Å². The van der Waals surface area contributed by atoms with E-state index in [2.05, 4.69) is 10.3 Å². The average Bonchev–Trinajstić information content (AvgIpc) is 2.64. The van der Waals surface area contributed by atoms with Gasteiger partial charge in [-0.3, -0.25) is 0 Å². The summed E-state index contributed by atoms with van der Waals surface area (Å²) in [5.74, 6) is 2.68. The second kappa shape index (κ2) is 7.59. The Bertz CT molecular complexity index is 718. The van der Waals surface area contributed by atoms with E-state index < -0.39 is 0 Å². The quantitative estimate of drug-likeness (QED) is 0.648. The van der Waals surface area contributed by atoms with Gasteiger partial charge in [0.15, 0.2) is 17.5 Å². The van der Waals surface area contributed by atoms with Crippen molar-refractivity contribution >= 4 is 5.96 Å². The molecule has 1 unspecified atom stereocenters. The lowest BCUT2D eigenvalue weighted by Crippen LogP contribution is -2.43. The van der Waals surface area contributed by atoms with Gasteiger partial charge in [-0.1, -0.05) is 30.3 Å². The zero-order valence-corrected chi connectivity index (χ0v) is 13.6. The van der Waals surface area contributed by atoms with Gasteiger partial charge in [-0.05, 0) is 18.2 Å². The van der Waals surface area contributed by atoms with Crippen LogP contribution < -0.4 is 25.3 Å². The molecule has 2 aromatic carbocycles. The molecule has 0 amide bonds. The third kappa shape index (κ3) is 3.90. The third-order valence-corrected chi connectivity index (χ3v) is 3.69. The van der Waals surface area contributed by atoms with Crippen LogP contribution in [0.1, 0.15) is 5.56 Å². The topological polar surface area (TPSA) is 78.1 Å². The van der Waals surface area contributed by atoms with E-state index in [0.29, 0.717) is 25.7 Å². The van der Waals surface area contributed by atoms with E-state index in [1.54, 1.807) is 7.11 Å². The van der Waals surface area contributed by atoms with Crippen molar-refractivity contribution < 1.29 is 14.2 Å². The highest BCUT2D eigenvalue weighted by Gasteiger charge is 2.20. The van der Waals surface area contributed by atoms with Gasteiger partial charge in [-0.2, -0.15) is 0 Å². The van der Waals surface area contributed by atoms with E-state index in [0.717, 1.165) is 22.8 Å². The molecule has 2 aromatic rings. The average molecular weight is 327 g/mol. The minimum absolute atomic E-state index is 0.111. The van der Waals surface area contributed by atoms with Crippen molar-refractivity contribution in [3.8, 4) is 17.2 Å². The summed E-state index contributed by atoms with van der Waals surface area (Å²) in [6.45, 7) is 1.45. The van der Waals surface area contributed by atoms with Crippen LogP contribution in [-0.4, -0.2) is 32.3 Å². The van der Waals surface area contributed by atoms with Crippen LogP contribution in [0.15, 0.2) is 53.5 Å². The maximum Gasteiger partial charge on any atom is 0.189 e. The van der Waals surface area contributed by atoms with Crippen LogP contribution in [0.2, 0.25) is 0 Å². The summed E-state index contributed by atoms with van der Waals surface area (Å²) in [4.78, 5) is 4.34. The Labute approximate surface area is 141 Å². The number of ether oxygens (including phenoxy) is 3. The first-order chi connectivity index (χ1) is 11.8. The van der Waals surface area contributed by atoms with Crippen LogP contribution in [0.5, 0.6) is 17.2 Å². The summed E-state index contributed by atoms with van der Waals surface area (Å²) in [5, 5.41) is 3.07. The van der Waals surface area contributed by atoms with Gasteiger partial charge in [-0.15, -0.1) is 0 Å². The fourth-order valence-corrected chi connectivity index (χ4v) is 2.44. The molecule has 24 heavy (non-hydrogen) atoms. The Morgan fingerprint density at radius 1 is 1.21 bits per heavy atom. The monoisotopic (exact) mass is 327 g/mol. The number of nitrogens with one attached hydrogen (secondary N) is 1. The van der Waals surface area contributed by atoms with Crippen LogP contribution in [0.3, 0.4) is 0 Å². The first-order valence-corrected chi connectivity index (χ1v) is 7.80. The van der Waals surface area contributed by atoms with Gasteiger partial charge in [0.25, 0.3) is 0 Å². The molecule has 0 aromatic heterocycles. The zero-order chi connectivity index (χ0) is 16.8. The minimum atomic E-state index is -0.111. The Balaban J connectivity index is 1.51. The fraction of sp³-hybridized carbons (Fsp3) is 0.278. The highest BCUT2D eigenvalue weighted by Crippen LogP contribution is 2.30. The Morgan fingerprint density at radius 2 is 1.96 bits per heavy atom. The molecule has 0 aliphatic carbocycles. The van der Waals surface area contributed by atoms with Gasteiger partial charge in [0.05, 0.1) is 20.2 Å². The molecule has 1 atom stereocenters. The maximum absolute atomic E-state index is 5.93. The largest absolute Gasteiger partial charge is 0.496 e. The van der Waals surface area contributed by atoms with Crippen LogP contribution in [0.4, 0.5) is 0 Å². The molecule has 0 saturated heterocycles. The first-order valence-electron chi connectivity index (χ1n) is 7.80. The highest BCUT2D eigenvalue weighted by molar-refractivity contribution is 5.77. The number of benzene rings is 2. The number of hydrogen-bond donors (Lipinski definition) is 2. The van der Waals surface area contributed by atoms with Crippen molar-refractivity contribution in [3.05, 3.63) is 54.1 Å². The number of aliphatic imine (C=N–C) groups is 1. The normalized spacial score (nSPS) is 16.5. The molecule has 1 heterocycles. The zero-order valence-electron chi connectivity index (χ0n) is 13.6. The van der Waals surface area contributed by atoms with Gasteiger partial charge in [0.1, 0.15) is 18.5 Å². The summed E-state index contributed by atoms with van der Waals surface area (Å²) < 4.78 is 16.8. The number of methoxy groups -OCH3 is 1. The smallest absolute Gasteiger partial charge is 0.189 e. The minimum Gasteiger partial charge on any atom is -0.496 e. The van der Waals surface area contributed by atoms with Gasteiger partial charge < -0.3 is 25.3 Å². The summed E-state index contributed by atoms with van der Waals surface area (Å²) >= 11 is 0. The van der Waals surface area contributed by atoms with Crippen LogP contribution in [0.25, 0.3) is 0 Å². The van der Waals surface area contributed by atoms with Crippen LogP contribution >= 0.6 is 0 Å². The molecule has 0 saturated carbocycles. The van der Waals surface area contributed by atoms with E-state index in [1.165, 1.54) is 0 Å². The predicted octanol–water partition coefficient (Wildman–Crippen LogP) is 1.94. The number of guanidine groups is 1. The predicted molar refractivity (Wildman–Crippen MR) is 92.7 cm³/mol. The van der Waals surface area contributed by atoms with E-state index >= 15 is 0 Å². The molecular formula is C18H21N3O3. The van der Waals surface area contributed by atoms with Crippen molar-refractivity contribution in [1.29, 1.82) is 0 Å². The molecule has 3 rings (SSSR count). The van der Waals surface area contributed by atoms with Crippen molar-refractivity contribution in [2.45, 2.75) is 12.6 Å². The Kier molecular flexibility index (Phi) is 5.05. The lowest BCUT2D eigenvalue weighted by molar-refractivity contribution is 0.0937. The van der Waals surface area contributed by atoms with E-state index in [1.807, 2.05) is 48.5 Å². The summed E-state index contributed by atoms with van der Waals surface area (Å²) in [6.07, 6.45) is -0.111. The first kappa shape index (κ1) is 16.0. The molecular weight excluding hydrogens is 306 g/mol. The van der Waals surface area contributed by atoms with Crippen molar-refractivity contribution in [1.82, 2.24) is 5.32 Å². The van der Waals surface area contributed by atoms with Gasteiger partial charge >= 0.3 is 0 Å². The van der Waals surface area contributed by atoms with Crippen molar-refractivity contribution in [2.24, 2.45) is 10.7 Å². The number of para-hydroxylation sites is 3. The lowest BCUT2D eigenvalue weighted by Gasteiger charge is -2.26. The van der Waals surface area contributed by atoms with Gasteiger partial charge in [0, 0.05) is 5.56 Å². The molecule has 0 bridgehead atoms. The van der Waals surface area contributed by atoms with Gasteiger partial charge in [-0.25, -0.2) is 4.99 Å². The molecule has 0 radical (unpaired) electrons. The molecule has 1 aliphatic heterocycles.